The van der Waals surface area contributed by atoms with Crippen molar-refractivity contribution in [2.45, 2.75) is 56.3 Å². The van der Waals surface area contributed by atoms with Crippen LogP contribution in [0.5, 0.6) is 0 Å². The molecule has 0 spiro atoms. The number of carboxylic acid groups (broad SMARTS) is 1. The molecule has 4 atom stereocenters. The Bertz CT molecular complexity index is 1070. The third-order valence-corrected chi connectivity index (χ3v) is 7.09. The Morgan fingerprint density at radius 2 is 1.76 bits per heavy atom. The number of nitrogens with zero attached hydrogens (tertiary/aromatic N) is 1. The second-order valence-corrected chi connectivity index (χ2v) is 9.23. The Morgan fingerprint density at radius 3 is 2.41 bits per heavy atom. The summed E-state index contributed by atoms with van der Waals surface area (Å²) in [5, 5.41) is 12.3. The number of carbonyl (C=O) groups is 3. The van der Waals surface area contributed by atoms with Crippen molar-refractivity contribution in [1.82, 2.24) is 10.2 Å². The van der Waals surface area contributed by atoms with Gasteiger partial charge in [0.2, 0.25) is 5.91 Å². The molecule has 0 radical (unpaired) electrons. The topological polar surface area (TPSA) is 105 Å². The van der Waals surface area contributed by atoms with E-state index in [1.165, 1.54) is 4.90 Å². The SMILES string of the molecule is C[C@H](CC(=O)N1C(C(=O)O)C[C@@H]2OCC[C@@H]21)NC(=O)OCC1c2ccccc2-c2ccccc21. The molecule has 2 heterocycles. The highest BCUT2D eigenvalue weighted by atomic mass is 16.5. The number of likely N-dealkylation sites (tertiary alicyclic amines) is 1. The van der Waals surface area contributed by atoms with Crippen molar-refractivity contribution in [3.63, 3.8) is 0 Å². The van der Waals surface area contributed by atoms with E-state index in [2.05, 4.69) is 29.6 Å². The molecule has 1 unspecified atom stereocenters. The van der Waals surface area contributed by atoms with Crippen molar-refractivity contribution in [2.24, 2.45) is 0 Å². The molecule has 1 aliphatic carbocycles. The van der Waals surface area contributed by atoms with Crippen LogP contribution < -0.4 is 5.32 Å². The van der Waals surface area contributed by atoms with Gasteiger partial charge in [-0.05, 0) is 35.6 Å². The van der Waals surface area contributed by atoms with Crippen molar-refractivity contribution < 1.29 is 29.0 Å². The van der Waals surface area contributed by atoms with E-state index in [9.17, 15) is 19.5 Å². The summed E-state index contributed by atoms with van der Waals surface area (Å²) in [6, 6.07) is 14.6. The number of carboxylic acids is 1. The predicted molar refractivity (Wildman–Crippen MR) is 123 cm³/mol. The monoisotopic (exact) mass is 464 g/mol. The summed E-state index contributed by atoms with van der Waals surface area (Å²) < 4.78 is 11.1. The molecule has 2 aromatic rings. The maximum absolute atomic E-state index is 13.0. The molecule has 2 fully saturated rings. The standard InChI is InChI=1S/C26H28N2O6/c1-15(12-24(29)28-21-10-11-33-23(21)13-22(28)25(30)31)27-26(32)34-14-20-18-8-4-2-6-16(18)17-7-3-5-9-19(17)20/h2-9,15,20-23H,10-14H2,1H3,(H,27,32)(H,30,31)/t15-,21+,22?,23+/m1/s1. The number of rotatable bonds is 6. The van der Waals surface area contributed by atoms with Gasteiger partial charge in [-0.3, -0.25) is 4.79 Å². The molecule has 0 saturated carbocycles. The quantitative estimate of drug-likeness (QED) is 0.681. The first-order valence-corrected chi connectivity index (χ1v) is 11.7. The molecule has 5 rings (SSSR count). The minimum absolute atomic E-state index is 0.00278. The average Bonchev–Trinajstić information content (AvgIpc) is 3.49. The summed E-state index contributed by atoms with van der Waals surface area (Å²) in [5.74, 6) is -1.37. The average molecular weight is 465 g/mol. The van der Waals surface area contributed by atoms with Crippen LogP contribution in [0.3, 0.4) is 0 Å². The van der Waals surface area contributed by atoms with Crippen molar-refractivity contribution in [3.05, 3.63) is 59.7 Å². The van der Waals surface area contributed by atoms with E-state index in [4.69, 9.17) is 9.47 Å². The van der Waals surface area contributed by atoms with Crippen LogP contribution in [0.2, 0.25) is 0 Å². The molecule has 34 heavy (non-hydrogen) atoms. The fourth-order valence-corrected chi connectivity index (χ4v) is 5.58. The third-order valence-electron chi connectivity index (χ3n) is 7.09. The predicted octanol–water partition coefficient (Wildman–Crippen LogP) is 3.15. The van der Waals surface area contributed by atoms with Gasteiger partial charge in [0.15, 0.2) is 0 Å². The molecule has 178 valence electrons. The number of nitrogens with one attached hydrogen (secondary N) is 1. The van der Waals surface area contributed by atoms with E-state index in [0.29, 0.717) is 19.4 Å². The highest BCUT2D eigenvalue weighted by Gasteiger charge is 2.49. The zero-order valence-electron chi connectivity index (χ0n) is 19.0. The van der Waals surface area contributed by atoms with Gasteiger partial charge in [0.25, 0.3) is 0 Å². The van der Waals surface area contributed by atoms with E-state index < -0.39 is 24.1 Å². The summed E-state index contributed by atoms with van der Waals surface area (Å²) in [4.78, 5) is 38.6. The number of benzene rings is 2. The zero-order chi connectivity index (χ0) is 23.8. The summed E-state index contributed by atoms with van der Waals surface area (Å²) in [6.07, 6.45) is 0.113. The summed E-state index contributed by atoms with van der Waals surface area (Å²) in [5.41, 5.74) is 4.56. The molecule has 0 aromatic heterocycles. The van der Waals surface area contributed by atoms with Crippen LogP contribution in [0.1, 0.15) is 43.2 Å². The first-order valence-electron chi connectivity index (χ1n) is 11.7. The molecule has 0 bridgehead atoms. The van der Waals surface area contributed by atoms with Crippen LogP contribution in [-0.2, 0) is 19.1 Å². The number of hydrogen-bond acceptors (Lipinski definition) is 5. The lowest BCUT2D eigenvalue weighted by molar-refractivity contribution is -0.149. The second-order valence-electron chi connectivity index (χ2n) is 9.23. The van der Waals surface area contributed by atoms with Gasteiger partial charge >= 0.3 is 12.1 Å². The third kappa shape index (κ3) is 4.03. The molecule has 2 saturated heterocycles. The van der Waals surface area contributed by atoms with Crippen molar-refractivity contribution in [3.8, 4) is 11.1 Å². The highest BCUT2D eigenvalue weighted by Crippen LogP contribution is 2.44. The Balaban J connectivity index is 1.18. The van der Waals surface area contributed by atoms with Crippen molar-refractivity contribution in [1.29, 1.82) is 0 Å². The molecule has 2 aromatic carbocycles. The van der Waals surface area contributed by atoms with Crippen LogP contribution >= 0.6 is 0 Å². The number of fused-ring (bicyclic) bond motifs is 4. The molecule has 2 aliphatic heterocycles. The van der Waals surface area contributed by atoms with Crippen LogP contribution in [0.15, 0.2) is 48.5 Å². The number of carbonyl (C=O) groups excluding carboxylic acids is 2. The van der Waals surface area contributed by atoms with Crippen molar-refractivity contribution >= 4 is 18.0 Å². The minimum atomic E-state index is -1.02. The first kappa shape index (κ1) is 22.4. The maximum Gasteiger partial charge on any atom is 0.407 e. The molecular formula is C26H28N2O6. The zero-order valence-corrected chi connectivity index (χ0v) is 19.0. The van der Waals surface area contributed by atoms with Crippen LogP contribution in [0.4, 0.5) is 4.79 Å². The van der Waals surface area contributed by atoms with Gasteiger partial charge in [-0.1, -0.05) is 48.5 Å². The van der Waals surface area contributed by atoms with Gasteiger partial charge in [-0.15, -0.1) is 0 Å². The summed E-state index contributed by atoms with van der Waals surface area (Å²) in [7, 11) is 0. The largest absolute Gasteiger partial charge is 0.480 e. The van der Waals surface area contributed by atoms with Gasteiger partial charge in [0, 0.05) is 31.4 Å². The molecule has 8 heteroatoms. The van der Waals surface area contributed by atoms with E-state index in [1.54, 1.807) is 6.92 Å². The lowest BCUT2D eigenvalue weighted by atomic mass is 9.98. The second kappa shape index (κ2) is 9.10. The molecule has 3 aliphatic rings. The molecular weight excluding hydrogens is 436 g/mol. The number of amides is 2. The van der Waals surface area contributed by atoms with Crippen LogP contribution in [0, 0.1) is 0 Å². The lowest BCUT2D eigenvalue weighted by Gasteiger charge is -2.28. The van der Waals surface area contributed by atoms with E-state index in [-0.39, 0.29) is 37.0 Å². The van der Waals surface area contributed by atoms with Gasteiger partial charge in [-0.2, -0.15) is 0 Å². The fraction of sp³-hybridized carbons (Fsp3) is 0.423. The number of ether oxygens (including phenoxy) is 2. The number of aliphatic carboxylic acids is 1. The maximum atomic E-state index is 13.0. The van der Waals surface area contributed by atoms with E-state index in [1.807, 2.05) is 24.3 Å². The molecule has 2 amide bonds. The first-order chi connectivity index (χ1) is 16.4. The highest BCUT2D eigenvalue weighted by molar-refractivity contribution is 5.85. The molecule has 8 nitrogen and oxygen atoms in total. The van der Waals surface area contributed by atoms with Gasteiger partial charge in [0.1, 0.15) is 12.6 Å². The van der Waals surface area contributed by atoms with E-state index in [0.717, 1.165) is 22.3 Å². The summed E-state index contributed by atoms with van der Waals surface area (Å²) in [6.45, 7) is 2.43. The Labute approximate surface area is 197 Å². The van der Waals surface area contributed by atoms with Crippen molar-refractivity contribution in [2.75, 3.05) is 13.2 Å². The van der Waals surface area contributed by atoms with Gasteiger partial charge < -0.3 is 24.8 Å². The lowest BCUT2D eigenvalue weighted by Crippen LogP contribution is -2.47. The number of hydrogen-bond donors (Lipinski definition) is 2. The van der Waals surface area contributed by atoms with Gasteiger partial charge in [0.05, 0.1) is 12.1 Å². The Hall–Kier alpha value is -3.39. The van der Waals surface area contributed by atoms with E-state index >= 15 is 0 Å². The van der Waals surface area contributed by atoms with Crippen LogP contribution in [0.25, 0.3) is 11.1 Å². The molecule has 2 N–H and O–H groups in total. The van der Waals surface area contributed by atoms with Crippen LogP contribution in [-0.4, -0.2) is 65.4 Å². The Morgan fingerprint density at radius 1 is 1.12 bits per heavy atom. The Kier molecular flexibility index (Phi) is 6.00. The normalized spacial score (nSPS) is 23.7. The minimum Gasteiger partial charge on any atom is -0.480 e. The summed E-state index contributed by atoms with van der Waals surface area (Å²) >= 11 is 0. The fourth-order valence-electron chi connectivity index (χ4n) is 5.58. The van der Waals surface area contributed by atoms with Gasteiger partial charge in [-0.25, -0.2) is 9.59 Å². The number of alkyl carbamates (subject to hydrolysis) is 1. The smallest absolute Gasteiger partial charge is 0.407 e.